The number of hydrogen-bond acceptors (Lipinski definition) is 4. The molecule has 0 atom stereocenters. The molecule has 134 valence electrons. The number of nitrogens with one attached hydrogen (secondary N) is 2. The summed E-state index contributed by atoms with van der Waals surface area (Å²) in [5.41, 5.74) is 3.62. The fourth-order valence-corrected chi connectivity index (χ4v) is 4.56. The third kappa shape index (κ3) is 3.84. The number of ether oxygens (including phenoxy) is 2. The first-order valence-corrected chi connectivity index (χ1v) is 10.4. The number of thioether (sulfide) groups is 1. The Balaban J connectivity index is 1.28. The second-order valence-corrected chi connectivity index (χ2v) is 8.42. The molecule has 2 aromatic carbocycles. The Labute approximate surface area is 169 Å². The molecular formula is C19H17BrN2O2S2. The average molecular weight is 449 g/mol. The minimum atomic E-state index is 0.284. The highest BCUT2D eigenvalue weighted by atomic mass is 79.9. The van der Waals surface area contributed by atoms with E-state index in [1.807, 2.05) is 18.2 Å². The van der Waals surface area contributed by atoms with Crippen molar-refractivity contribution in [3.8, 4) is 11.5 Å². The van der Waals surface area contributed by atoms with Crippen LogP contribution in [0.3, 0.4) is 0 Å². The Kier molecular flexibility index (Phi) is 5.38. The van der Waals surface area contributed by atoms with E-state index >= 15 is 0 Å². The van der Waals surface area contributed by atoms with E-state index in [1.54, 1.807) is 11.8 Å². The quantitative estimate of drug-likeness (QED) is 0.537. The number of benzene rings is 2. The van der Waals surface area contributed by atoms with E-state index < -0.39 is 0 Å². The molecule has 1 aliphatic heterocycles. The summed E-state index contributed by atoms with van der Waals surface area (Å²) in [7, 11) is 0. The molecule has 7 heteroatoms. The van der Waals surface area contributed by atoms with Gasteiger partial charge >= 0.3 is 0 Å². The topological polar surface area (TPSA) is 46.3 Å². The van der Waals surface area contributed by atoms with Crippen molar-refractivity contribution in [2.75, 3.05) is 13.3 Å². The lowest BCUT2D eigenvalue weighted by atomic mass is 10.1. The maximum atomic E-state index is 5.46. The van der Waals surface area contributed by atoms with E-state index in [-0.39, 0.29) is 6.79 Å². The molecule has 0 saturated carbocycles. The van der Waals surface area contributed by atoms with Gasteiger partial charge in [0.25, 0.3) is 0 Å². The van der Waals surface area contributed by atoms with Gasteiger partial charge in [-0.2, -0.15) is 0 Å². The summed E-state index contributed by atoms with van der Waals surface area (Å²) in [5.74, 6) is 2.35. The molecule has 0 unspecified atom stereocenters. The number of aromatic amines is 1. The van der Waals surface area contributed by atoms with Crippen LogP contribution in [-0.4, -0.2) is 22.6 Å². The van der Waals surface area contributed by atoms with Crippen LogP contribution in [0.5, 0.6) is 11.5 Å². The summed E-state index contributed by atoms with van der Waals surface area (Å²) in [6.45, 7) is 1.10. The second kappa shape index (κ2) is 7.90. The number of halogens is 1. The van der Waals surface area contributed by atoms with Crippen molar-refractivity contribution in [1.29, 1.82) is 0 Å². The minimum Gasteiger partial charge on any atom is -0.454 e. The number of aromatic nitrogens is 1. The predicted octanol–water partition coefficient (Wildman–Crippen LogP) is 5.01. The smallest absolute Gasteiger partial charge is 0.231 e. The van der Waals surface area contributed by atoms with Gasteiger partial charge in [-0.25, -0.2) is 0 Å². The van der Waals surface area contributed by atoms with E-state index in [2.05, 4.69) is 50.6 Å². The van der Waals surface area contributed by atoms with E-state index in [1.165, 1.54) is 16.5 Å². The Morgan fingerprint density at radius 2 is 2.00 bits per heavy atom. The lowest BCUT2D eigenvalue weighted by molar-refractivity contribution is 0.174. The van der Waals surface area contributed by atoms with Crippen LogP contribution in [0.1, 0.15) is 11.1 Å². The van der Waals surface area contributed by atoms with Crippen molar-refractivity contribution in [2.24, 2.45) is 0 Å². The molecule has 26 heavy (non-hydrogen) atoms. The first-order chi connectivity index (χ1) is 12.7. The monoisotopic (exact) mass is 448 g/mol. The van der Waals surface area contributed by atoms with Crippen LogP contribution in [0, 0.1) is 0 Å². The predicted molar refractivity (Wildman–Crippen MR) is 114 cm³/mol. The van der Waals surface area contributed by atoms with Gasteiger partial charge in [0.1, 0.15) is 4.32 Å². The van der Waals surface area contributed by atoms with Crippen LogP contribution < -0.4 is 14.8 Å². The average Bonchev–Trinajstić information content (AvgIpc) is 3.26. The molecular weight excluding hydrogens is 432 g/mol. The van der Waals surface area contributed by atoms with Gasteiger partial charge in [-0.1, -0.05) is 58.1 Å². The van der Waals surface area contributed by atoms with Gasteiger partial charge in [-0.3, -0.25) is 0 Å². The highest BCUT2D eigenvalue weighted by Gasteiger charge is 2.16. The Hall–Kier alpha value is -1.70. The molecule has 2 N–H and O–H groups in total. The molecule has 1 aromatic heterocycles. The van der Waals surface area contributed by atoms with Crippen LogP contribution in [0.25, 0.3) is 10.9 Å². The summed E-state index contributed by atoms with van der Waals surface area (Å²) in [4.78, 5) is 3.31. The van der Waals surface area contributed by atoms with Crippen molar-refractivity contribution >= 4 is 55.1 Å². The van der Waals surface area contributed by atoms with Crippen molar-refractivity contribution in [1.82, 2.24) is 10.3 Å². The van der Waals surface area contributed by atoms with Crippen LogP contribution in [-0.2, 0) is 12.2 Å². The highest BCUT2D eigenvalue weighted by molar-refractivity contribution is 9.10. The second-order valence-electron chi connectivity index (χ2n) is 5.91. The number of rotatable bonds is 5. The maximum Gasteiger partial charge on any atom is 0.231 e. The highest BCUT2D eigenvalue weighted by Crippen LogP contribution is 2.38. The Morgan fingerprint density at radius 1 is 1.19 bits per heavy atom. The normalized spacial score (nSPS) is 12.5. The molecule has 4 nitrogen and oxygen atoms in total. The van der Waals surface area contributed by atoms with Crippen molar-refractivity contribution < 1.29 is 9.47 Å². The van der Waals surface area contributed by atoms with E-state index in [4.69, 9.17) is 21.7 Å². The fraction of sp³-hybridized carbons (Fsp3) is 0.211. The lowest BCUT2D eigenvalue weighted by Crippen LogP contribution is -2.21. The summed E-state index contributed by atoms with van der Waals surface area (Å²) in [6, 6.07) is 12.3. The van der Waals surface area contributed by atoms with Gasteiger partial charge in [-0.05, 0) is 35.7 Å². The number of hydrogen-bond donors (Lipinski definition) is 2. The van der Waals surface area contributed by atoms with Gasteiger partial charge in [0, 0.05) is 33.9 Å². The van der Waals surface area contributed by atoms with Crippen molar-refractivity contribution in [3.05, 3.63) is 58.2 Å². The summed E-state index contributed by atoms with van der Waals surface area (Å²) in [6.07, 6.45) is 3.00. The largest absolute Gasteiger partial charge is 0.454 e. The first-order valence-electron chi connectivity index (χ1n) is 8.24. The summed E-state index contributed by atoms with van der Waals surface area (Å²) < 4.78 is 12.6. The summed E-state index contributed by atoms with van der Waals surface area (Å²) >= 11 is 10.7. The maximum absolute atomic E-state index is 5.46. The number of fused-ring (bicyclic) bond motifs is 2. The number of thiocarbonyl (C=S) groups is 1. The molecule has 4 rings (SSSR count). The van der Waals surface area contributed by atoms with Crippen LogP contribution in [0.4, 0.5) is 0 Å². The van der Waals surface area contributed by atoms with E-state index in [9.17, 15) is 0 Å². The summed E-state index contributed by atoms with van der Waals surface area (Å²) in [5, 5.41) is 4.61. The van der Waals surface area contributed by atoms with Gasteiger partial charge in [0.2, 0.25) is 6.79 Å². The number of para-hydroxylation sites is 1. The molecule has 3 aromatic rings. The Morgan fingerprint density at radius 3 is 2.88 bits per heavy atom. The first kappa shape index (κ1) is 17.7. The van der Waals surface area contributed by atoms with Crippen LogP contribution in [0.2, 0.25) is 0 Å². The molecule has 0 bridgehead atoms. The van der Waals surface area contributed by atoms with E-state index in [0.717, 1.165) is 44.6 Å². The number of H-pyrrole nitrogens is 1. The SMILES string of the molecule is S=C(NCCc1c[nH]c2ccccc12)SCc1cc2c(cc1Br)OCO2. The molecule has 0 amide bonds. The zero-order chi connectivity index (χ0) is 17.9. The van der Waals surface area contributed by atoms with Crippen LogP contribution >= 0.6 is 39.9 Å². The van der Waals surface area contributed by atoms with Gasteiger partial charge < -0.3 is 19.8 Å². The third-order valence-corrected chi connectivity index (χ3v) is 6.34. The van der Waals surface area contributed by atoms with Gasteiger partial charge in [0.15, 0.2) is 11.5 Å². The fourth-order valence-electron chi connectivity index (χ4n) is 2.90. The van der Waals surface area contributed by atoms with Crippen molar-refractivity contribution in [3.63, 3.8) is 0 Å². The molecule has 0 radical (unpaired) electrons. The third-order valence-electron chi connectivity index (χ3n) is 4.24. The van der Waals surface area contributed by atoms with Crippen molar-refractivity contribution in [2.45, 2.75) is 12.2 Å². The standard InChI is InChI=1S/C19H17BrN2O2S2/c20-15-8-18-17(23-11-24-18)7-13(15)10-26-19(25)21-6-5-12-9-22-16-4-2-1-3-14(12)16/h1-4,7-9,22H,5-6,10-11H2,(H,21,25). The molecule has 0 saturated heterocycles. The zero-order valence-electron chi connectivity index (χ0n) is 13.9. The lowest BCUT2D eigenvalue weighted by Gasteiger charge is -2.09. The molecule has 1 aliphatic rings. The zero-order valence-corrected chi connectivity index (χ0v) is 17.1. The van der Waals surface area contributed by atoms with Crippen LogP contribution in [0.15, 0.2) is 47.1 Å². The van der Waals surface area contributed by atoms with E-state index in [0.29, 0.717) is 0 Å². The molecule has 2 heterocycles. The molecule has 0 spiro atoms. The molecule has 0 fully saturated rings. The van der Waals surface area contributed by atoms with Gasteiger partial charge in [-0.15, -0.1) is 0 Å². The van der Waals surface area contributed by atoms with Gasteiger partial charge in [0.05, 0.1) is 0 Å². The minimum absolute atomic E-state index is 0.284. The Bertz CT molecular complexity index is 958. The molecule has 0 aliphatic carbocycles.